The number of sulfonamides is 1. The van der Waals surface area contributed by atoms with Gasteiger partial charge in [0.2, 0.25) is 5.91 Å². The van der Waals surface area contributed by atoms with E-state index in [1.54, 1.807) is 0 Å². The Labute approximate surface area is 196 Å². The predicted molar refractivity (Wildman–Crippen MR) is 123 cm³/mol. The fourth-order valence-electron chi connectivity index (χ4n) is 4.47. The Morgan fingerprint density at radius 2 is 1.94 bits per heavy atom. The number of nitrogens with zero attached hydrogens (tertiary/aromatic N) is 1. The van der Waals surface area contributed by atoms with Crippen LogP contribution in [0.1, 0.15) is 32.6 Å². The molecule has 0 bridgehead atoms. The first kappa shape index (κ1) is 23.7. The first-order valence-corrected chi connectivity index (χ1v) is 12.4. The number of rotatable bonds is 6. The van der Waals surface area contributed by atoms with Gasteiger partial charge in [0.05, 0.1) is 10.6 Å². The lowest BCUT2D eigenvalue weighted by molar-refractivity contribution is -0.136. The van der Waals surface area contributed by atoms with Gasteiger partial charge in [-0.3, -0.25) is 19.2 Å². The smallest absolute Gasteiger partial charge is 0.324 e. The first-order valence-electron chi connectivity index (χ1n) is 10.9. The van der Waals surface area contributed by atoms with Crippen molar-refractivity contribution in [2.45, 2.75) is 43.0 Å². The average Bonchev–Trinajstić information content (AvgIpc) is 3.02. The zero-order chi connectivity index (χ0) is 24.5. The molecule has 2 aromatic rings. The zero-order valence-corrected chi connectivity index (χ0v) is 19.3. The van der Waals surface area contributed by atoms with Crippen LogP contribution in [0.2, 0.25) is 0 Å². The van der Waals surface area contributed by atoms with Crippen molar-refractivity contribution < 1.29 is 27.2 Å². The summed E-state index contributed by atoms with van der Waals surface area (Å²) >= 11 is 0. The number of imide groups is 1. The van der Waals surface area contributed by atoms with E-state index < -0.39 is 45.8 Å². The summed E-state index contributed by atoms with van der Waals surface area (Å²) in [5, 5.41) is 5.31. The minimum atomic E-state index is -4.13. The SMILES string of the molecule is C[C@@H]1CCCC[C@@]12NC(=O)N(CC(=O)Nc1cccc(S(=O)(=O)Nc3ccccc3F)c1)C2=O. The van der Waals surface area contributed by atoms with Gasteiger partial charge in [-0.15, -0.1) is 0 Å². The van der Waals surface area contributed by atoms with Crippen LogP contribution in [0.4, 0.5) is 20.6 Å². The molecule has 0 aromatic heterocycles. The molecule has 9 nitrogen and oxygen atoms in total. The highest BCUT2D eigenvalue weighted by molar-refractivity contribution is 7.92. The van der Waals surface area contributed by atoms with Crippen LogP contribution in [0.25, 0.3) is 0 Å². The van der Waals surface area contributed by atoms with Gasteiger partial charge < -0.3 is 10.6 Å². The molecule has 1 spiro atoms. The van der Waals surface area contributed by atoms with Gasteiger partial charge in [0.1, 0.15) is 17.9 Å². The van der Waals surface area contributed by atoms with Crippen molar-refractivity contribution in [3.63, 3.8) is 0 Å². The van der Waals surface area contributed by atoms with E-state index in [1.807, 2.05) is 6.92 Å². The van der Waals surface area contributed by atoms with E-state index in [9.17, 15) is 27.2 Å². The molecule has 180 valence electrons. The van der Waals surface area contributed by atoms with E-state index in [0.29, 0.717) is 6.42 Å². The molecule has 0 radical (unpaired) electrons. The quantitative estimate of drug-likeness (QED) is 0.539. The van der Waals surface area contributed by atoms with Gasteiger partial charge in [0.25, 0.3) is 15.9 Å². The monoisotopic (exact) mass is 488 g/mol. The normalized spacial score (nSPS) is 22.5. The summed E-state index contributed by atoms with van der Waals surface area (Å²) in [6, 6.07) is 10.1. The molecule has 2 fully saturated rings. The van der Waals surface area contributed by atoms with Crippen LogP contribution in [0.3, 0.4) is 0 Å². The summed E-state index contributed by atoms with van der Waals surface area (Å²) in [6.45, 7) is 1.42. The Hall–Kier alpha value is -3.47. The van der Waals surface area contributed by atoms with Crippen LogP contribution in [0, 0.1) is 11.7 Å². The van der Waals surface area contributed by atoms with E-state index in [4.69, 9.17) is 0 Å². The molecular formula is C23H25FN4O5S. The standard InChI is InChI=1S/C23H25FN4O5S/c1-15-7-4-5-12-23(15)21(30)28(22(31)26-23)14-20(29)25-16-8-6-9-17(13-16)34(32,33)27-19-11-3-2-10-18(19)24/h2-3,6,8-11,13,15,27H,4-5,7,12,14H2,1H3,(H,25,29)(H,26,31)/t15-,23-/m1/s1. The highest BCUT2D eigenvalue weighted by atomic mass is 32.2. The lowest BCUT2D eigenvalue weighted by Crippen LogP contribution is -2.54. The van der Waals surface area contributed by atoms with E-state index in [2.05, 4.69) is 15.4 Å². The van der Waals surface area contributed by atoms with E-state index in [1.165, 1.54) is 42.5 Å². The molecule has 11 heteroatoms. The fourth-order valence-corrected chi connectivity index (χ4v) is 5.58. The molecule has 34 heavy (non-hydrogen) atoms. The number of amides is 4. The number of carbonyl (C=O) groups excluding carboxylic acids is 3. The largest absolute Gasteiger partial charge is 0.325 e. The van der Waals surface area contributed by atoms with Crippen LogP contribution in [0.5, 0.6) is 0 Å². The molecule has 1 saturated heterocycles. The highest BCUT2D eigenvalue weighted by Gasteiger charge is 2.55. The Balaban J connectivity index is 1.45. The second-order valence-corrected chi connectivity index (χ2v) is 10.3. The van der Waals surface area contributed by atoms with Gasteiger partial charge >= 0.3 is 6.03 Å². The summed E-state index contributed by atoms with van der Waals surface area (Å²) < 4.78 is 41.3. The van der Waals surface area contributed by atoms with Crippen molar-refractivity contribution >= 4 is 39.2 Å². The number of benzene rings is 2. The molecule has 4 amide bonds. The number of carbonyl (C=O) groups is 3. The van der Waals surface area contributed by atoms with Gasteiger partial charge in [-0.2, -0.15) is 0 Å². The van der Waals surface area contributed by atoms with Gasteiger partial charge in [0, 0.05) is 5.69 Å². The van der Waals surface area contributed by atoms with E-state index in [-0.39, 0.29) is 22.2 Å². The maximum Gasteiger partial charge on any atom is 0.325 e. The number of hydrogen-bond donors (Lipinski definition) is 3. The van der Waals surface area contributed by atoms with Crippen LogP contribution in [-0.4, -0.2) is 43.2 Å². The fraction of sp³-hybridized carbons (Fsp3) is 0.348. The number of para-hydroxylation sites is 1. The average molecular weight is 489 g/mol. The third-order valence-electron chi connectivity index (χ3n) is 6.35. The molecule has 1 saturated carbocycles. The zero-order valence-electron chi connectivity index (χ0n) is 18.5. The summed E-state index contributed by atoms with van der Waals surface area (Å²) in [7, 11) is -4.13. The van der Waals surface area contributed by atoms with Crippen molar-refractivity contribution in [1.29, 1.82) is 0 Å². The number of nitrogens with one attached hydrogen (secondary N) is 3. The molecular weight excluding hydrogens is 463 g/mol. The van der Waals surface area contributed by atoms with Crippen LogP contribution >= 0.6 is 0 Å². The summed E-state index contributed by atoms with van der Waals surface area (Å²) in [5.41, 5.74) is -1.03. The topological polar surface area (TPSA) is 125 Å². The number of anilines is 2. The van der Waals surface area contributed by atoms with Crippen molar-refractivity contribution in [3.05, 3.63) is 54.3 Å². The Kier molecular flexibility index (Phi) is 6.30. The summed E-state index contributed by atoms with van der Waals surface area (Å²) in [5.74, 6) is -1.82. The minimum Gasteiger partial charge on any atom is -0.324 e. The molecule has 1 heterocycles. The number of urea groups is 1. The lowest BCUT2D eigenvalue weighted by atomic mass is 9.73. The predicted octanol–water partition coefficient (Wildman–Crippen LogP) is 3.07. The Morgan fingerprint density at radius 3 is 2.68 bits per heavy atom. The summed E-state index contributed by atoms with van der Waals surface area (Å²) in [6.07, 6.45) is 3.15. The third-order valence-corrected chi connectivity index (χ3v) is 7.71. The van der Waals surface area contributed by atoms with Gasteiger partial charge in [-0.1, -0.05) is 38.0 Å². The van der Waals surface area contributed by atoms with Gasteiger partial charge in [0.15, 0.2) is 0 Å². The maximum atomic E-state index is 13.9. The van der Waals surface area contributed by atoms with E-state index in [0.717, 1.165) is 30.2 Å². The second-order valence-electron chi connectivity index (χ2n) is 8.60. The lowest BCUT2D eigenvalue weighted by Gasteiger charge is -2.36. The number of halogens is 1. The van der Waals surface area contributed by atoms with Crippen molar-refractivity contribution in [2.24, 2.45) is 5.92 Å². The molecule has 3 N–H and O–H groups in total. The Bertz CT molecular complexity index is 1250. The number of hydrogen-bond acceptors (Lipinski definition) is 5. The van der Waals surface area contributed by atoms with Gasteiger partial charge in [-0.05, 0) is 49.1 Å². The molecule has 2 aromatic carbocycles. The van der Waals surface area contributed by atoms with Crippen molar-refractivity contribution in [2.75, 3.05) is 16.6 Å². The first-order chi connectivity index (χ1) is 16.1. The molecule has 1 aliphatic carbocycles. The van der Waals surface area contributed by atoms with Crippen LogP contribution in [-0.2, 0) is 19.6 Å². The summed E-state index contributed by atoms with van der Waals surface area (Å²) in [4.78, 5) is 38.8. The molecule has 4 rings (SSSR count). The molecule has 2 aliphatic rings. The van der Waals surface area contributed by atoms with Crippen LogP contribution in [0.15, 0.2) is 53.4 Å². The van der Waals surface area contributed by atoms with Crippen molar-refractivity contribution in [3.8, 4) is 0 Å². The molecule has 1 aliphatic heterocycles. The molecule has 2 atom stereocenters. The van der Waals surface area contributed by atoms with Gasteiger partial charge in [-0.25, -0.2) is 17.6 Å². The maximum absolute atomic E-state index is 13.9. The third kappa shape index (κ3) is 4.47. The second kappa shape index (κ2) is 9.05. The minimum absolute atomic E-state index is 0.0328. The Morgan fingerprint density at radius 1 is 1.18 bits per heavy atom. The molecule has 0 unspecified atom stereocenters. The van der Waals surface area contributed by atoms with Crippen molar-refractivity contribution in [1.82, 2.24) is 10.2 Å². The van der Waals surface area contributed by atoms with Crippen LogP contribution < -0.4 is 15.4 Å². The van der Waals surface area contributed by atoms with E-state index >= 15 is 0 Å². The highest BCUT2D eigenvalue weighted by Crippen LogP contribution is 2.38.